The van der Waals surface area contributed by atoms with Crippen molar-refractivity contribution in [3.05, 3.63) is 29.8 Å². The second kappa shape index (κ2) is 6.27. The molecule has 0 radical (unpaired) electrons. The summed E-state index contributed by atoms with van der Waals surface area (Å²) in [6.07, 6.45) is 2.32. The van der Waals surface area contributed by atoms with Crippen molar-refractivity contribution in [1.29, 1.82) is 0 Å². The molecule has 0 saturated heterocycles. The van der Waals surface area contributed by atoms with E-state index < -0.39 is 12.0 Å². The van der Waals surface area contributed by atoms with Gasteiger partial charge in [0.1, 0.15) is 11.8 Å². The lowest BCUT2D eigenvalue weighted by atomic mass is 9.97. The van der Waals surface area contributed by atoms with Crippen LogP contribution >= 0.6 is 0 Å². The molecule has 2 N–H and O–H groups in total. The molecule has 0 heterocycles. The van der Waals surface area contributed by atoms with Crippen LogP contribution in [0.4, 0.5) is 0 Å². The van der Waals surface area contributed by atoms with E-state index in [-0.39, 0.29) is 12.0 Å². The quantitative estimate of drug-likeness (QED) is 0.804. The Bertz CT molecular complexity index is 451. The lowest BCUT2D eigenvalue weighted by molar-refractivity contribution is -0.141. The Morgan fingerprint density at radius 3 is 2.30 bits per heavy atom. The first-order valence-corrected chi connectivity index (χ1v) is 7.15. The minimum absolute atomic E-state index is 0.0620. The van der Waals surface area contributed by atoms with E-state index in [0.717, 1.165) is 24.2 Å². The first-order chi connectivity index (χ1) is 9.52. The zero-order valence-corrected chi connectivity index (χ0v) is 12.3. The van der Waals surface area contributed by atoms with Gasteiger partial charge in [-0.25, -0.2) is 0 Å². The standard InChI is InChI=1S/C16H23NO3/c1-10(2)14(16(18)19)17-15(11-4-5-11)12-6-8-13(20-3)9-7-12/h6-11,14-15,17H,4-5H2,1-3H3,(H,18,19). The van der Waals surface area contributed by atoms with Crippen LogP contribution in [0.5, 0.6) is 5.75 Å². The molecule has 1 saturated carbocycles. The van der Waals surface area contributed by atoms with Gasteiger partial charge in [0.15, 0.2) is 0 Å². The number of carbonyl (C=O) groups is 1. The summed E-state index contributed by atoms with van der Waals surface area (Å²) < 4.78 is 5.17. The highest BCUT2D eigenvalue weighted by Crippen LogP contribution is 2.41. The third kappa shape index (κ3) is 3.51. The summed E-state index contributed by atoms with van der Waals surface area (Å²) in [5, 5.41) is 12.7. The molecular weight excluding hydrogens is 254 g/mol. The highest BCUT2D eigenvalue weighted by molar-refractivity contribution is 5.73. The molecule has 1 aromatic rings. The van der Waals surface area contributed by atoms with Gasteiger partial charge < -0.3 is 9.84 Å². The van der Waals surface area contributed by atoms with E-state index in [4.69, 9.17) is 4.74 Å². The summed E-state index contributed by atoms with van der Waals surface area (Å²) >= 11 is 0. The highest BCUT2D eigenvalue weighted by Gasteiger charge is 2.35. The SMILES string of the molecule is COc1ccc(C(NC(C(=O)O)C(C)C)C2CC2)cc1. The predicted molar refractivity (Wildman–Crippen MR) is 77.9 cm³/mol. The van der Waals surface area contributed by atoms with Gasteiger partial charge in [0.25, 0.3) is 0 Å². The largest absolute Gasteiger partial charge is 0.497 e. The van der Waals surface area contributed by atoms with Gasteiger partial charge in [-0.05, 0) is 42.4 Å². The molecule has 0 amide bonds. The molecule has 20 heavy (non-hydrogen) atoms. The zero-order valence-electron chi connectivity index (χ0n) is 12.3. The fourth-order valence-corrected chi connectivity index (χ4v) is 2.49. The molecule has 110 valence electrons. The molecule has 1 fully saturated rings. The Morgan fingerprint density at radius 2 is 1.90 bits per heavy atom. The van der Waals surface area contributed by atoms with E-state index in [2.05, 4.69) is 5.32 Å². The molecule has 0 spiro atoms. The summed E-state index contributed by atoms with van der Waals surface area (Å²) in [4.78, 5) is 11.4. The maximum atomic E-state index is 11.4. The van der Waals surface area contributed by atoms with Crippen molar-refractivity contribution in [2.24, 2.45) is 11.8 Å². The number of hydrogen-bond donors (Lipinski definition) is 2. The van der Waals surface area contributed by atoms with Gasteiger partial charge in [-0.3, -0.25) is 10.1 Å². The number of methoxy groups -OCH3 is 1. The highest BCUT2D eigenvalue weighted by atomic mass is 16.5. The number of hydrogen-bond acceptors (Lipinski definition) is 3. The minimum atomic E-state index is -0.779. The van der Waals surface area contributed by atoms with Gasteiger partial charge in [-0.2, -0.15) is 0 Å². The molecule has 1 aromatic carbocycles. The van der Waals surface area contributed by atoms with E-state index in [1.165, 1.54) is 0 Å². The van der Waals surface area contributed by atoms with Gasteiger partial charge >= 0.3 is 5.97 Å². The molecule has 0 bridgehead atoms. The molecule has 2 atom stereocenters. The van der Waals surface area contributed by atoms with Crippen LogP contribution < -0.4 is 10.1 Å². The van der Waals surface area contributed by atoms with Crippen molar-refractivity contribution >= 4 is 5.97 Å². The summed E-state index contributed by atoms with van der Waals surface area (Å²) in [5.74, 6) is 0.650. The summed E-state index contributed by atoms with van der Waals surface area (Å²) in [6, 6.07) is 7.50. The average molecular weight is 277 g/mol. The molecular formula is C16H23NO3. The molecule has 1 aliphatic carbocycles. The number of aliphatic carboxylic acids is 1. The molecule has 0 aromatic heterocycles. The van der Waals surface area contributed by atoms with E-state index >= 15 is 0 Å². The summed E-state index contributed by atoms with van der Waals surface area (Å²) in [7, 11) is 1.64. The number of carboxylic acid groups (broad SMARTS) is 1. The van der Waals surface area contributed by atoms with Gasteiger partial charge in [0, 0.05) is 6.04 Å². The number of nitrogens with one attached hydrogen (secondary N) is 1. The van der Waals surface area contributed by atoms with Crippen LogP contribution in [0.1, 0.15) is 38.3 Å². The summed E-state index contributed by atoms with van der Waals surface area (Å²) in [5.41, 5.74) is 1.14. The van der Waals surface area contributed by atoms with E-state index in [1.54, 1.807) is 7.11 Å². The van der Waals surface area contributed by atoms with Crippen molar-refractivity contribution in [1.82, 2.24) is 5.32 Å². The van der Waals surface area contributed by atoms with Crippen LogP contribution in [-0.4, -0.2) is 24.2 Å². The number of ether oxygens (including phenoxy) is 1. The number of benzene rings is 1. The van der Waals surface area contributed by atoms with Crippen molar-refractivity contribution in [3.63, 3.8) is 0 Å². The predicted octanol–water partition coefficient (Wildman–Crippen LogP) is 2.85. The Balaban J connectivity index is 2.15. The van der Waals surface area contributed by atoms with E-state index in [0.29, 0.717) is 5.92 Å². The lowest BCUT2D eigenvalue weighted by Crippen LogP contribution is -2.43. The third-order valence-electron chi connectivity index (χ3n) is 3.86. The van der Waals surface area contributed by atoms with Crippen LogP contribution in [0.25, 0.3) is 0 Å². The van der Waals surface area contributed by atoms with Gasteiger partial charge in [-0.1, -0.05) is 26.0 Å². The van der Waals surface area contributed by atoms with Crippen LogP contribution in [0.2, 0.25) is 0 Å². The average Bonchev–Trinajstić information content (AvgIpc) is 3.23. The first-order valence-electron chi connectivity index (χ1n) is 7.15. The first kappa shape index (κ1) is 14.9. The second-order valence-electron chi connectivity index (χ2n) is 5.81. The van der Waals surface area contributed by atoms with Crippen molar-refractivity contribution in [2.45, 2.75) is 38.8 Å². The maximum absolute atomic E-state index is 11.4. The number of rotatable bonds is 7. The van der Waals surface area contributed by atoms with E-state index in [1.807, 2.05) is 38.1 Å². The van der Waals surface area contributed by atoms with Gasteiger partial charge in [0.2, 0.25) is 0 Å². The van der Waals surface area contributed by atoms with Crippen LogP contribution in [0.3, 0.4) is 0 Å². The molecule has 2 unspecified atom stereocenters. The van der Waals surface area contributed by atoms with Crippen LogP contribution in [0.15, 0.2) is 24.3 Å². The van der Waals surface area contributed by atoms with Crippen molar-refractivity contribution < 1.29 is 14.6 Å². The summed E-state index contributed by atoms with van der Waals surface area (Å²) in [6.45, 7) is 3.87. The molecule has 0 aliphatic heterocycles. The molecule has 1 aliphatic rings. The zero-order chi connectivity index (χ0) is 14.7. The van der Waals surface area contributed by atoms with Crippen molar-refractivity contribution in [2.75, 3.05) is 7.11 Å². The van der Waals surface area contributed by atoms with Crippen molar-refractivity contribution in [3.8, 4) is 5.75 Å². The lowest BCUT2D eigenvalue weighted by Gasteiger charge is -2.26. The number of carboxylic acids is 1. The maximum Gasteiger partial charge on any atom is 0.320 e. The topological polar surface area (TPSA) is 58.6 Å². The monoisotopic (exact) mass is 277 g/mol. The fraction of sp³-hybridized carbons (Fsp3) is 0.562. The molecule has 4 nitrogen and oxygen atoms in total. The van der Waals surface area contributed by atoms with E-state index in [9.17, 15) is 9.90 Å². The Labute approximate surface area is 120 Å². The second-order valence-corrected chi connectivity index (χ2v) is 5.81. The fourth-order valence-electron chi connectivity index (χ4n) is 2.49. The Kier molecular flexibility index (Phi) is 4.65. The Hall–Kier alpha value is -1.55. The van der Waals surface area contributed by atoms with Crippen LogP contribution in [-0.2, 0) is 4.79 Å². The van der Waals surface area contributed by atoms with Gasteiger partial charge in [0.05, 0.1) is 7.11 Å². The molecule has 4 heteroatoms. The minimum Gasteiger partial charge on any atom is -0.497 e. The van der Waals surface area contributed by atoms with Crippen LogP contribution in [0, 0.1) is 11.8 Å². The normalized spacial score (nSPS) is 17.8. The Morgan fingerprint density at radius 1 is 1.30 bits per heavy atom. The molecule has 2 rings (SSSR count). The third-order valence-corrected chi connectivity index (χ3v) is 3.86. The smallest absolute Gasteiger partial charge is 0.320 e. The van der Waals surface area contributed by atoms with Gasteiger partial charge in [-0.15, -0.1) is 0 Å².